The third-order valence-corrected chi connectivity index (χ3v) is 3.17. The second kappa shape index (κ2) is 10.4. The summed E-state index contributed by atoms with van der Waals surface area (Å²) in [6.45, 7) is 9.05. The molecule has 0 heterocycles. The van der Waals surface area contributed by atoms with Crippen molar-refractivity contribution in [1.29, 1.82) is 0 Å². The molecule has 0 rings (SSSR count). The fraction of sp³-hybridized carbons (Fsp3) is 1.00. The van der Waals surface area contributed by atoms with Crippen molar-refractivity contribution in [1.82, 2.24) is 5.32 Å². The third kappa shape index (κ3) is 10.2. The van der Waals surface area contributed by atoms with Gasteiger partial charge in [-0.1, -0.05) is 27.2 Å². The van der Waals surface area contributed by atoms with Gasteiger partial charge in [0.1, 0.15) is 0 Å². The van der Waals surface area contributed by atoms with Crippen LogP contribution in [0.2, 0.25) is 0 Å². The smallest absolute Gasteiger partial charge is 0.00233 e. The highest BCUT2D eigenvalue weighted by Crippen LogP contribution is 2.10. The van der Waals surface area contributed by atoms with E-state index in [9.17, 15) is 0 Å². The molecule has 2 heteroatoms. The van der Waals surface area contributed by atoms with E-state index in [0.29, 0.717) is 0 Å². The maximum atomic E-state index is 3.39. The molecule has 0 aromatic rings. The van der Waals surface area contributed by atoms with E-state index < -0.39 is 0 Å². The van der Waals surface area contributed by atoms with Gasteiger partial charge in [0.2, 0.25) is 0 Å². The zero-order valence-electron chi connectivity index (χ0n) is 9.44. The first kappa shape index (κ1) is 13.3. The first-order valence-corrected chi connectivity index (χ1v) is 6.75. The van der Waals surface area contributed by atoms with Gasteiger partial charge >= 0.3 is 0 Å². The molecule has 0 aromatic carbocycles. The van der Waals surface area contributed by atoms with Gasteiger partial charge in [-0.15, -0.1) is 0 Å². The van der Waals surface area contributed by atoms with Crippen molar-refractivity contribution in [3.63, 3.8) is 0 Å². The lowest BCUT2D eigenvalue weighted by Crippen LogP contribution is -2.20. The fourth-order valence-electron chi connectivity index (χ4n) is 1.33. The number of rotatable bonds is 9. The number of nitrogens with one attached hydrogen (secondary N) is 1. The summed E-state index contributed by atoms with van der Waals surface area (Å²) < 4.78 is 0. The second-order valence-electron chi connectivity index (χ2n) is 3.61. The van der Waals surface area contributed by atoms with Crippen LogP contribution in [0.15, 0.2) is 0 Å². The molecule has 1 nitrogen and oxygen atoms in total. The van der Waals surface area contributed by atoms with E-state index in [-0.39, 0.29) is 0 Å². The molecule has 0 aromatic heterocycles. The maximum absolute atomic E-state index is 3.39. The van der Waals surface area contributed by atoms with Crippen molar-refractivity contribution in [3.8, 4) is 0 Å². The van der Waals surface area contributed by atoms with Gasteiger partial charge in [0, 0.05) is 0 Å². The number of thioether (sulfide) groups is 1. The largest absolute Gasteiger partial charge is 0.317 e. The predicted molar refractivity (Wildman–Crippen MR) is 64.6 cm³/mol. The number of unbranched alkanes of at least 4 members (excludes halogenated alkanes) is 1. The third-order valence-electron chi connectivity index (χ3n) is 2.18. The van der Waals surface area contributed by atoms with Gasteiger partial charge in [-0.3, -0.25) is 0 Å². The Kier molecular flexibility index (Phi) is 10.6. The molecule has 0 amide bonds. The predicted octanol–water partition coefficient (Wildman–Crippen LogP) is 3.16. The molecule has 0 fully saturated rings. The van der Waals surface area contributed by atoms with Gasteiger partial charge in [0.15, 0.2) is 0 Å². The van der Waals surface area contributed by atoms with Crippen molar-refractivity contribution >= 4 is 11.8 Å². The monoisotopic (exact) mass is 203 g/mol. The molecule has 13 heavy (non-hydrogen) atoms. The van der Waals surface area contributed by atoms with E-state index in [1.807, 2.05) is 0 Å². The minimum absolute atomic E-state index is 0.853. The van der Waals surface area contributed by atoms with Gasteiger partial charge < -0.3 is 5.32 Å². The van der Waals surface area contributed by atoms with Crippen LogP contribution in [0.1, 0.15) is 40.0 Å². The highest BCUT2D eigenvalue weighted by atomic mass is 32.2. The molecule has 1 N–H and O–H groups in total. The molecule has 0 aliphatic carbocycles. The molecule has 0 saturated carbocycles. The van der Waals surface area contributed by atoms with Crippen LogP contribution < -0.4 is 5.32 Å². The van der Waals surface area contributed by atoms with E-state index in [4.69, 9.17) is 0 Å². The summed E-state index contributed by atoms with van der Waals surface area (Å²) in [5.74, 6) is 3.48. The SMILES string of the molecule is CCNCC(C)CCCCSCC. The normalized spacial score (nSPS) is 13.2. The molecule has 0 saturated heterocycles. The van der Waals surface area contributed by atoms with Gasteiger partial charge in [-0.05, 0) is 43.4 Å². The maximum Gasteiger partial charge on any atom is -0.00233 e. The van der Waals surface area contributed by atoms with Crippen molar-refractivity contribution in [3.05, 3.63) is 0 Å². The fourth-order valence-corrected chi connectivity index (χ4v) is 2.03. The van der Waals surface area contributed by atoms with E-state index in [1.54, 1.807) is 0 Å². The van der Waals surface area contributed by atoms with Crippen LogP contribution in [-0.4, -0.2) is 24.6 Å². The average Bonchev–Trinajstić information content (AvgIpc) is 2.14. The van der Waals surface area contributed by atoms with Crippen LogP contribution in [0.4, 0.5) is 0 Å². The Bertz CT molecular complexity index is 96.1. The molecule has 80 valence electrons. The van der Waals surface area contributed by atoms with Crippen LogP contribution >= 0.6 is 11.8 Å². The lowest BCUT2D eigenvalue weighted by molar-refractivity contribution is 0.471. The molecule has 0 bridgehead atoms. The summed E-state index contributed by atoms with van der Waals surface area (Å²) in [4.78, 5) is 0. The van der Waals surface area contributed by atoms with E-state index in [0.717, 1.165) is 12.5 Å². The zero-order valence-corrected chi connectivity index (χ0v) is 10.3. The Morgan fingerprint density at radius 3 is 2.62 bits per heavy atom. The van der Waals surface area contributed by atoms with E-state index in [1.165, 1.54) is 37.3 Å². The Balaban J connectivity index is 3.03. The molecule has 1 atom stereocenters. The van der Waals surface area contributed by atoms with Crippen LogP contribution in [0.25, 0.3) is 0 Å². The second-order valence-corrected chi connectivity index (χ2v) is 5.00. The molecule has 1 unspecified atom stereocenters. The van der Waals surface area contributed by atoms with Crippen LogP contribution in [0, 0.1) is 5.92 Å². The van der Waals surface area contributed by atoms with Crippen LogP contribution in [-0.2, 0) is 0 Å². The van der Waals surface area contributed by atoms with Gasteiger partial charge in [-0.2, -0.15) is 11.8 Å². The average molecular weight is 203 g/mol. The van der Waals surface area contributed by atoms with E-state index in [2.05, 4.69) is 37.8 Å². The zero-order chi connectivity index (χ0) is 9.94. The van der Waals surface area contributed by atoms with Crippen LogP contribution in [0.3, 0.4) is 0 Å². The van der Waals surface area contributed by atoms with Crippen molar-refractivity contribution in [2.75, 3.05) is 24.6 Å². The van der Waals surface area contributed by atoms with E-state index >= 15 is 0 Å². The molecular formula is C11H25NS. The summed E-state index contributed by atoms with van der Waals surface area (Å²) in [6, 6.07) is 0. The highest BCUT2D eigenvalue weighted by Gasteiger charge is 1.99. The summed E-state index contributed by atoms with van der Waals surface area (Å²) in [6.07, 6.45) is 4.19. The highest BCUT2D eigenvalue weighted by molar-refractivity contribution is 7.99. The van der Waals surface area contributed by atoms with Crippen LogP contribution in [0.5, 0.6) is 0 Å². The van der Waals surface area contributed by atoms with Gasteiger partial charge in [-0.25, -0.2) is 0 Å². The molecule has 0 aliphatic rings. The minimum Gasteiger partial charge on any atom is -0.317 e. The quantitative estimate of drug-likeness (QED) is 0.578. The van der Waals surface area contributed by atoms with Gasteiger partial charge in [0.05, 0.1) is 0 Å². The lowest BCUT2D eigenvalue weighted by Gasteiger charge is -2.10. The minimum atomic E-state index is 0.853. The Morgan fingerprint density at radius 2 is 2.00 bits per heavy atom. The first-order valence-electron chi connectivity index (χ1n) is 5.59. The summed E-state index contributed by atoms with van der Waals surface area (Å²) in [5, 5.41) is 3.39. The standard InChI is InChI=1S/C11H25NS/c1-4-12-10-11(3)8-6-7-9-13-5-2/h11-12H,4-10H2,1-3H3. The number of hydrogen-bond acceptors (Lipinski definition) is 2. The topological polar surface area (TPSA) is 12.0 Å². The Labute approximate surface area is 88.1 Å². The molecular weight excluding hydrogens is 178 g/mol. The molecule has 0 aliphatic heterocycles. The summed E-state index contributed by atoms with van der Waals surface area (Å²) in [5.41, 5.74) is 0. The number of hydrogen-bond donors (Lipinski definition) is 1. The summed E-state index contributed by atoms with van der Waals surface area (Å²) in [7, 11) is 0. The first-order chi connectivity index (χ1) is 6.31. The molecule has 0 spiro atoms. The van der Waals surface area contributed by atoms with Crippen molar-refractivity contribution in [2.24, 2.45) is 5.92 Å². The van der Waals surface area contributed by atoms with Gasteiger partial charge in [0.25, 0.3) is 0 Å². The molecule has 0 radical (unpaired) electrons. The van der Waals surface area contributed by atoms with Crippen molar-refractivity contribution in [2.45, 2.75) is 40.0 Å². The lowest BCUT2D eigenvalue weighted by atomic mass is 10.0. The Morgan fingerprint density at radius 1 is 1.23 bits per heavy atom. The van der Waals surface area contributed by atoms with Crippen molar-refractivity contribution < 1.29 is 0 Å². The Hall–Kier alpha value is 0.310. The summed E-state index contributed by atoms with van der Waals surface area (Å²) >= 11 is 2.06.